The normalized spacial score (nSPS) is 15.7. The van der Waals surface area contributed by atoms with Crippen LogP contribution in [0, 0.1) is 6.92 Å². The summed E-state index contributed by atoms with van der Waals surface area (Å²) in [5, 5.41) is 0. The molecule has 110 valence electrons. The molecule has 0 radical (unpaired) electrons. The molecule has 0 aliphatic heterocycles. The van der Waals surface area contributed by atoms with Crippen molar-refractivity contribution in [3.05, 3.63) is 65.9 Å². The van der Waals surface area contributed by atoms with E-state index < -0.39 is 5.67 Å². The summed E-state index contributed by atoms with van der Waals surface area (Å²) in [6.07, 6.45) is 1.26. The van der Waals surface area contributed by atoms with E-state index >= 15 is 0 Å². The highest BCUT2D eigenvalue weighted by Crippen LogP contribution is 2.50. The average Bonchev–Trinajstić information content (AvgIpc) is 3.19. The Morgan fingerprint density at radius 3 is 2.45 bits per heavy atom. The molecule has 2 nitrogen and oxygen atoms in total. The predicted octanol–water partition coefficient (Wildman–Crippen LogP) is 5.01. The molecular formula is C19H17FN2. The molecule has 0 unspecified atom stereocenters. The van der Waals surface area contributed by atoms with Crippen LogP contribution in [0.4, 0.5) is 4.39 Å². The fourth-order valence-corrected chi connectivity index (χ4v) is 2.82. The summed E-state index contributed by atoms with van der Waals surface area (Å²) in [5.74, 6) is 0.847. The van der Waals surface area contributed by atoms with Crippen LogP contribution in [-0.4, -0.2) is 9.97 Å². The molecule has 3 heteroatoms. The van der Waals surface area contributed by atoms with Gasteiger partial charge in [-0.2, -0.15) is 0 Å². The Labute approximate surface area is 129 Å². The number of aromatic amines is 1. The molecule has 0 amide bonds. The van der Waals surface area contributed by atoms with E-state index in [1.807, 2.05) is 61.5 Å². The fourth-order valence-electron chi connectivity index (χ4n) is 2.82. The van der Waals surface area contributed by atoms with Gasteiger partial charge >= 0.3 is 0 Å². The second-order valence-corrected chi connectivity index (χ2v) is 5.97. The van der Waals surface area contributed by atoms with Gasteiger partial charge in [-0.3, -0.25) is 0 Å². The van der Waals surface area contributed by atoms with Gasteiger partial charge in [0.2, 0.25) is 0 Å². The number of benzene rings is 2. The number of hydrogen-bond acceptors (Lipinski definition) is 1. The maximum Gasteiger partial charge on any atom is 0.138 e. The van der Waals surface area contributed by atoms with Gasteiger partial charge in [0.05, 0.1) is 5.69 Å². The summed E-state index contributed by atoms with van der Waals surface area (Å²) in [6.45, 7) is 2.00. The van der Waals surface area contributed by atoms with Gasteiger partial charge < -0.3 is 4.98 Å². The number of hydrogen-bond donors (Lipinski definition) is 1. The van der Waals surface area contributed by atoms with Crippen molar-refractivity contribution in [1.29, 1.82) is 0 Å². The zero-order valence-electron chi connectivity index (χ0n) is 12.4. The predicted molar refractivity (Wildman–Crippen MR) is 86.2 cm³/mol. The van der Waals surface area contributed by atoms with Crippen molar-refractivity contribution in [2.24, 2.45) is 0 Å². The van der Waals surface area contributed by atoms with E-state index in [0.29, 0.717) is 12.8 Å². The summed E-state index contributed by atoms with van der Waals surface area (Å²) in [5.41, 5.74) is 3.58. The molecule has 1 saturated carbocycles. The molecule has 1 heterocycles. The van der Waals surface area contributed by atoms with Crippen LogP contribution in [0.3, 0.4) is 0 Å². The largest absolute Gasteiger partial charge is 0.342 e. The lowest BCUT2D eigenvalue weighted by atomic mass is 10.0. The minimum Gasteiger partial charge on any atom is -0.342 e. The summed E-state index contributed by atoms with van der Waals surface area (Å²) in [6, 6.07) is 17.7. The molecule has 2 aromatic carbocycles. The highest BCUT2D eigenvalue weighted by molar-refractivity contribution is 5.68. The summed E-state index contributed by atoms with van der Waals surface area (Å²) in [4.78, 5) is 8.04. The van der Waals surface area contributed by atoms with Gasteiger partial charge in [0.15, 0.2) is 0 Å². The van der Waals surface area contributed by atoms with Gasteiger partial charge in [-0.15, -0.1) is 0 Å². The molecule has 0 saturated heterocycles. The SMILES string of the molecule is Cc1[nH]c(-c2ccccc2)nc1-c1cccc(C2(F)CC2)c1. The van der Waals surface area contributed by atoms with Crippen LogP contribution >= 0.6 is 0 Å². The van der Waals surface area contributed by atoms with Crippen LogP contribution in [0.1, 0.15) is 24.1 Å². The second kappa shape index (κ2) is 4.80. The highest BCUT2D eigenvalue weighted by atomic mass is 19.1. The van der Waals surface area contributed by atoms with E-state index in [-0.39, 0.29) is 0 Å². The number of imidazole rings is 1. The number of H-pyrrole nitrogens is 1. The van der Waals surface area contributed by atoms with Crippen molar-refractivity contribution in [3.8, 4) is 22.6 Å². The Kier molecular flexibility index (Phi) is 2.89. The minimum absolute atomic E-state index is 0.630. The Morgan fingerprint density at radius 2 is 1.73 bits per heavy atom. The molecule has 0 spiro atoms. The molecule has 1 fully saturated rings. The quantitative estimate of drug-likeness (QED) is 0.722. The number of aromatic nitrogens is 2. The smallest absolute Gasteiger partial charge is 0.138 e. The molecule has 0 atom stereocenters. The standard InChI is InChI=1S/C19H17FN2/c1-13-17(22-18(21-13)14-6-3-2-4-7-14)15-8-5-9-16(12-15)19(20)10-11-19/h2-9,12H,10-11H2,1H3,(H,21,22). The maximum atomic E-state index is 14.3. The summed E-state index contributed by atoms with van der Waals surface area (Å²) < 4.78 is 14.3. The fraction of sp³-hybridized carbons (Fsp3) is 0.211. The zero-order valence-corrected chi connectivity index (χ0v) is 12.4. The molecule has 1 aliphatic rings. The van der Waals surface area contributed by atoms with Crippen LogP contribution in [-0.2, 0) is 5.67 Å². The third-order valence-electron chi connectivity index (χ3n) is 4.27. The van der Waals surface area contributed by atoms with Gasteiger partial charge in [-0.1, -0.05) is 48.5 Å². The van der Waals surface area contributed by atoms with Crippen molar-refractivity contribution in [1.82, 2.24) is 9.97 Å². The van der Waals surface area contributed by atoms with E-state index in [1.165, 1.54) is 0 Å². The third-order valence-corrected chi connectivity index (χ3v) is 4.27. The van der Waals surface area contributed by atoms with Gasteiger partial charge in [0, 0.05) is 16.8 Å². The van der Waals surface area contributed by atoms with E-state index in [9.17, 15) is 4.39 Å². The molecule has 0 bridgehead atoms. The molecule has 1 aliphatic carbocycles. The minimum atomic E-state index is -1.11. The first-order valence-corrected chi connectivity index (χ1v) is 7.58. The molecule has 1 aromatic heterocycles. The molecule has 3 aromatic rings. The van der Waals surface area contributed by atoms with E-state index in [2.05, 4.69) is 4.98 Å². The van der Waals surface area contributed by atoms with Gasteiger partial charge in [0.25, 0.3) is 0 Å². The number of halogens is 1. The third kappa shape index (κ3) is 2.23. The Balaban J connectivity index is 1.76. The van der Waals surface area contributed by atoms with Gasteiger partial charge in [0.1, 0.15) is 11.5 Å². The first-order valence-electron chi connectivity index (χ1n) is 7.58. The number of aryl methyl sites for hydroxylation is 1. The van der Waals surface area contributed by atoms with Crippen molar-refractivity contribution in [2.75, 3.05) is 0 Å². The lowest BCUT2D eigenvalue weighted by Crippen LogP contribution is -1.97. The van der Waals surface area contributed by atoms with Crippen LogP contribution in [0.5, 0.6) is 0 Å². The first kappa shape index (κ1) is 13.3. The van der Waals surface area contributed by atoms with Gasteiger partial charge in [-0.05, 0) is 31.4 Å². The van der Waals surface area contributed by atoms with E-state index in [1.54, 1.807) is 0 Å². The van der Waals surface area contributed by atoms with Crippen molar-refractivity contribution < 1.29 is 4.39 Å². The first-order chi connectivity index (χ1) is 10.7. The summed E-state index contributed by atoms with van der Waals surface area (Å²) in [7, 11) is 0. The number of nitrogens with zero attached hydrogens (tertiary/aromatic N) is 1. The van der Waals surface area contributed by atoms with Crippen molar-refractivity contribution in [2.45, 2.75) is 25.4 Å². The Morgan fingerprint density at radius 1 is 1.00 bits per heavy atom. The maximum absolute atomic E-state index is 14.3. The molecule has 4 rings (SSSR count). The number of rotatable bonds is 3. The average molecular weight is 292 g/mol. The van der Waals surface area contributed by atoms with E-state index in [0.717, 1.165) is 33.9 Å². The van der Waals surface area contributed by atoms with Gasteiger partial charge in [-0.25, -0.2) is 9.37 Å². The summed E-state index contributed by atoms with van der Waals surface area (Å²) >= 11 is 0. The topological polar surface area (TPSA) is 28.7 Å². The molecular weight excluding hydrogens is 275 g/mol. The van der Waals surface area contributed by atoms with Crippen molar-refractivity contribution >= 4 is 0 Å². The van der Waals surface area contributed by atoms with Crippen LogP contribution < -0.4 is 0 Å². The van der Waals surface area contributed by atoms with Crippen molar-refractivity contribution in [3.63, 3.8) is 0 Å². The van der Waals surface area contributed by atoms with Crippen LogP contribution in [0.2, 0.25) is 0 Å². The number of nitrogens with one attached hydrogen (secondary N) is 1. The Hall–Kier alpha value is -2.42. The zero-order chi connectivity index (χ0) is 15.2. The lowest BCUT2D eigenvalue weighted by Gasteiger charge is -2.07. The van der Waals surface area contributed by atoms with E-state index in [4.69, 9.17) is 4.98 Å². The lowest BCUT2D eigenvalue weighted by molar-refractivity contribution is 0.317. The molecule has 22 heavy (non-hydrogen) atoms. The second-order valence-electron chi connectivity index (χ2n) is 5.97. The highest BCUT2D eigenvalue weighted by Gasteiger charge is 2.44. The van der Waals surface area contributed by atoms with Crippen LogP contribution in [0.25, 0.3) is 22.6 Å². The monoisotopic (exact) mass is 292 g/mol. The number of alkyl halides is 1. The van der Waals surface area contributed by atoms with Crippen LogP contribution in [0.15, 0.2) is 54.6 Å². The molecule has 1 N–H and O–H groups in total. The Bertz CT molecular complexity index is 816.